The highest BCUT2D eigenvalue weighted by atomic mass is 16.4. The van der Waals surface area contributed by atoms with E-state index in [1.165, 1.54) is 0 Å². The molecule has 6 heteroatoms. The number of carbonyl (C=O) groups is 3. The lowest BCUT2D eigenvalue weighted by Gasteiger charge is -2.23. The Morgan fingerprint density at radius 2 is 1.92 bits per heavy atom. The van der Waals surface area contributed by atoms with Crippen molar-refractivity contribution in [2.24, 2.45) is 0 Å². The van der Waals surface area contributed by atoms with E-state index in [1.54, 1.807) is 4.90 Å². The van der Waals surface area contributed by atoms with Gasteiger partial charge in [0.15, 0.2) is 0 Å². The highest BCUT2D eigenvalue weighted by molar-refractivity contribution is 5.85. The standard InChI is InChI=1S/C19H26N2O4/c22-17(14-21-12-6-2-5-9-18(21)23)20-16(10-11-19(24)25)13-15-7-3-1-4-8-15/h1,3-4,7-8,16H,2,5-6,9-14H2,(H,20,22)(H,24,25). The summed E-state index contributed by atoms with van der Waals surface area (Å²) in [5.74, 6) is -1.07. The van der Waals surface area contributed by atoms with E-state index in [2.05, 4.69) is 5.32 Å². The Kier molecular flexibility index (Phi) is 7.44. The van der Waals surface area contributed by atoms with Crippen LogP contribution in [-0.2, 0) is 20.8 Å². The zero-order valence-corrected chi connectivity index (χ0v) is 14.4. The Morgan fingerprint density at radius 3 is 2.64 bits per heavy atom. The Balaban J connectivity index is 1.93. The molecule has 1 fully saturated rings. The molecular formula is C19H26N2O4. The number of rotatable bonds is 8. The average Bonchev–Trinajstić information content (AvgIpc) is 2.78. The molecule has 0 aliphatic carbocycles. The number of hydrogen-bond acceptors (Lipinski definition) is 3. The summed E-state index contributed by atoms with van der Waals surface area (Å²) in [4.78, 5) is 36.9. The molecule has 0 radical (unpaired) electrons. The second-order valence-corrected chi connectivity index (χ2v) is 6.51. The summed E-state index contributed by atoms with van der Waals surface area (Å²) in [5, 5.41) is 11.8. The predicted molar refractivity (Wildman–Crippen MR) is 94.0 cm³/mol. The number of carboxylic acid groups (broad SMARTS) is 1. The SMILES string of the molecule is O=C(O)CCC(Cc1ccccc1)NC(=O)CN1CCCCCC1=O. The van der Waals surface area contributed by atoms with Crippen LogP contribution in [0.2, 0.25) is 0 Å². The van der Waals surface area contributed by atoms with Gasteiger partial charge in [0.2, 0.25) is 11.8 Å². The third-order valence-corrected chi connectivity index (χ3v) is 4.40. The first-order valence-corrected chi connectivity index (χ1v) is 8.87. The first kappa shape index (κ1) is 19.0. The van der Waals surface area contributed by atoms with Crippen molar-refractivity contribution in [2.75, 3.05) is 13.1 Å². The summed E-state index contributed by atoms with van der Waals surface area (Å²) in [7, 11) is 0. The molecule has 1 atom stereocenters. The van der Waals surface area contributed by atoms with Gasteiger partial charge in [-0.15, -0.1) is 0 Å². The van der Waals surface area contributed by atoms with Crippen molar-refractivity contribution in [2.45, 2.75) is 51.0 Å². The minimum Gasteiger partial charge on any atom is -0.481 e. The fourth-order valence-corrected chi connectivity index (χ4v) is 3.07. The highest BCUT2D eigenvalue weighted by Gasteiger charge is 2.21. The summed E-state index contributed by atoms with van der Waals surface area (Å²) in [5.41, 5.74) is 1.05. The second kappa shape index (κ2) is 9.81. The molecule has 0 bridgehead atoms. The van der Waals surface area contributed by atoms with Crippen LogP contribution < -0.4 is 5.32 Å². The fourth-order valence-electron chi connectivity index (χ4n) is 3.07. The normalized spacial score (nSPS) is 16.2. The molecule has 1 aliphatic rings. The van der Waals surface area contributed by atoms with Gasteiger partial charge >= 0.3 is 5.97 Å². The molecule has 2 N–H and O–H groups in total. The molecule has 1 unspecified atom stereocenters. The van der Waals surface area contributed by atoms with E-state index >= 15 is 0 Å². The molecule has 25 heavy (non-hydrogen) atoms. The molecule has 2 rings (SSSR count). The zero-order chi connectivity index (χ0) is 18.1. The molecule has 0 spiro atoms. The molecule has 0 saturated carbocycles. The largest absolute Gasteiger partial charge is 0.481 e. The van der Waals surface area contributed by atoms with Crippen molar-refractivity contribution in [3.05, 3.63) is 35.9 Å². The topological polar surface area (TPSA) is 86.7 Å². The Labute approximate surface area is 148 Å². The van der Waals surface area contributed by atoms with E-state index in [0.29, 0.717) is 25.8 Å². The highest BCUT2D eigenvalue weighted by Crippen LogP contribution is 2.12. The van der Waals surface area contributed by atoms with Gasteiger partial charge in [-0.25, -0.2) is 0 Å². The minimum absolute atomic E-state index is 0.000422. The van der Waals surface area contributed by atoms with E-state index in [4.69, 9.17) is 5.11 Å². The van der Waals surface area contributed by atoms with Crippen LogP contribution in [0.15, 0.2) is 30.3 Å². The van der Waals surface area contributed by atoms with Crippen LogP contribution in [0.3, 0.4) is 0 Å². The lowest BCUT2D eigenvalue weighted by atomic mass is 10.0. The molecule has 1 aliphatic heterocycles. The summed E-state index contributed by atoms with van der Waals surface area (Å²) in [6.45, 7) is 0.669. The van der Waals surface area contributed by atoms with Crippen LogP contribution in [0.4, 0.5) is 0 Å². The van der Waals surface area contributed by atoms with Crippen molar-refractivity contribution >= 4 is 17.8 Å². The summed E-state index contributed by atoms with van der Waals surface area (Å²) >= 11 is 0. The zero-order valence-electron chi connectivity index (χ0n) is 14.4. The number of likely N-dealkylation sites (tertiary alicyclic amines) is 1. The van der Waals surface area contributed by atoms with E-state index in [-0.39, 0.29) is 30.8 Å². The number of nitrogens with zero attached hydrogens (tertiary/aromatic N) is 1. The van der Waals surface area contributed by atoms with Gasteiger partial charge in [-0.1, -0.05) is 36.8 Å². The number of amides is 2. The summed E-state index contributed by atoms with van der Waals surface area (Å²) in [6, 6.07) is 9.41. The van der Waals surface area contributed by atoms with Crippen LogP contribution in [0, 0.1) is 0 Å². The minimum atomic E-state index is -0.880. The quantitative estimate of drug-likeness (QED) is 0.753. The van der Waals surface area contributed by atoms with E-state index < -0.39 is 5.97 Å². The molecule has 2 amide bonds. The first-order chi connectivity index (χ1) is 12.0. The van der Waals surface area contributed by atoms with Gasteiger partial charge in [0.05, 0.1) is 6.54 Å². The lowest BCUT2D eigenvalue weighted by Crippen LogP contribution is -2.45. The predicted octanol–water partition coefficient (Wildman–Crippen LogP) is 1.98. The van der Waals surface area contributed by atoms with Crippen LogP contribution in [-0.4, -0.2) is 46.9 Å². The van der Waals surface area contributed by atoms with Gasteiger partial charge in [0, 0.05) is 25.4 Å². The number of hydrogen-bond donors (Lipinski definition) is 2. The molecule has 1 heterocycles. The monoisotopic (exact) mass is 346 g/mol. The van der Waals surface area contributed by atoms with Gasteiger partial charge in [0.25, 0.3) is 0 Å². The number of aliphatic carboxylic acids is 1. The van der Waals surface area contributed by atoms with Gasteiger partial charge in [-0.3, -0.25) is 14.4 Å². The van der Waals surface area contributed by atoms with Crippen molar-refractivity contribution in [1.29, 1.82) is 0 Å². The third-order valence-electron chi connectivity index (χ3n) is 4.40. The fraction of sp³-hybridized carbons (Fsp3) is 0.526. The molecule has 6 nitrogen and oxygen atoms in total. The van der Waals surface area contributed by atoms with E-state index in [0.717, 1.165) is 24.8 Å². The first-order valence-electron chi connectivity index (χ1n) is 8.87. The van der Waals surface area contributed by atoms with Crippen LogP contribution in [0.5, 0.6) is 0 Å². The number of carboxylic acids is 1. The number of nitrogens with one attached hydrogen (secondary N) is 1. The number of carbonyl (C=O) groups excluding carboxylic acids is 2. The van der Waals surface area contributed by atoms with Crippen LogP contribution >= 0.6 is 0 Å². The molecule has 136 valence electrons. The molecule has 0 aromatic heterocycles. The molecular weight excluding hydrogens is 320 g/mol. The van der Waals surface area contributed by atoms with Crippen LogP contribution in [0.25, 0.3) is 0 Å². The van der Waals surface area contributed by atoms with Gasteiger partial charge in [-0.2, -0.15) is 0 Å². The van der Waals surface area contributed by atoms with Gasteiger partial charge in [0.1, 0.15) is 0 Å². The summed E-state index contributed by atoms with van der Waals surface area (Å²) in [6.07, 6.45) is 4.26. The molecule has 1 aromatic carbocycles. The van der Waals surface area contributed by atoms with Crippen LogP contribution in [0.1, 0.15) is 44.1 Å². The van der Waals surface area contributed by atoms with Crippen molar-refractivity contribution in [3.63, 3.8) is 0 Å². The van der Waals surface area contributed by atoms with Crippen molar-refractivity contribution in [1.82, 2.24) is 10.2 Å². The maximum absolute atomic E-state index is 12.4. The number of benzene rings is 1. The molecule has 1 aromatic rings. The average molecular weight is 346 g/mol. The Morgan fingerprint density at radius 1 is 1.16 bits per heavy atom. The Bertz CT molecular complexity index is 588. The van der Waals surface area contributed by atoms with Crippen molar-refractivity contribution in [3.8, 4) is 0 Å². The van der Waals surface area contributed by atoms with E-state index in [1.807, 2.05) is 30.3 Å². The van der Waals surface area contributed by atoms with Gasteiger partial charge in [-0.05, 0) is 31.2 Å². The maximum atomic E-state index is 12.4. The lowest BCUT2D eigenvalue weighted by molar-refractivity contribution is -0.137. The smallest absolute Gasteiger partial charge is 0.303 e. The molecule has 1 saturated heterocycles. The third kappa shape index (κ3) is 6.95. The summed E-state index contributed by atoms with van der Waals surface area (Å²) < 4.78 is 0. The second-order valence-electron chi connectivity index (χ2n) is 6.51. The van der Waals surface area contributed by atoms with Crippen molar-refractivity contribution < 1.29 is 19.5 Å². The van der Waals surface area contributed by atoms with Gasteiger partial charge < -0.3 is 15.3 Å². The Hall–Kier alpha value is -2.37. The van der Waals surface area contributed by atoms with E-state index in [9.17, 15) is 14.4 Å². The maximum Gasteiger partial charge on any atom is 0.303 e.